The summed E-state index contributed by atoms with van der Waals surface area (Å²) >= 11 is 3.35. The van der Waals surface area contributed by atoms with Crippen LogP contribution in [-0.2, 0) is 14.3 Å². The Hall–Kier alpha value is -3.65. The lowest BCUT2D eigenvalue weighted by Crippen LogP contribution is -2.35. The monoisotopic (exact) mass is 466 g/mol. The zero-order chi connectivity index (χ0) is 21.3. The van der Waals surface area contributed by atoms with Crippen molar-refractivity contribution in [2.45, 2.75) is 0 Å². The number of methoxy groups -OCH3 is 1. The van der Waals surface area contributed by atoms with Gasteiger partial charge in [0.05, 0.1) is 18.4 Å². The van der Waals surface area contributed by atoms with Gasteiger partial charge in [0, 0.05) is 10.0 Å². The first-order valence-corrected chi connectivity index (χ1v) is 9.67. The third-order valence-corrected chi connectivity index (χ3v) is 4.96. The Balaban J connectivity index is 1.57. The Kier molecular flexibility index (Phi) is 5.24. The van der Waals surface area contributed by atoms with Crippen LogP contribution in [0.15, 0.2) is 75.1 Å². The quantitative estimate of drug-likeness (QED) is 0.357. The molecule has 30 heavy (non-hydrogen) atoms. The van der Waals surface area contributed by atoms with E-state index in [0.29, 0.717) is 22.8 Å². The molecule has 0 bridgehead atoms. The average molecular weight is 467 g/mol. The average Bonchev–Trinajstić information content (AvgIpc) is 3.33. The summed E-state index contributed by atoms with van der Waals surface area (Å²) in [5.74, 6) is -0.518. The predicted molar refractivity (Wildman–Crippen MR) is 113 cm³/mol. The Morgan fingerprint density at radius 1 is 1.10 bits per heavy atom. The van der Waals surface area contributed by atoms with Gasteiger partial charge in [0.1, 0.15) is 17.1 Å². The van der Waals surface area contributed by atoms with E-state index in [1.807, 2.05) is 6.07 Å². The fourth-order valence-corrected chi connectivity index (χ4v) is 3.36. The highest BCUT2D eigenvalue weighted by Gasteiger charge is 2.34. The van der Waals surface area contributed by atoms with Crippen LogP contribution in [0.2, 0.25) is 0 Å². The van der Waals surface area contributed by atoms with Crippen LogP contribution in [0.25, 0.3) is 17.4 Å². The highest BCUT2D eigenvalue weighted by molar-refractivity contribution is 9.10. The number of furan rings is 1. The Labute approximate surface area is 180 Å². The molecule has 0 aliphatic carbocycles. The molecule has 0 unspecified atom stereocenters. The fourth-order valence-electron chi connectivity index (χ4n) is 2.97. The molecule has 2 heterocycles. The van der Waals surface area contributed by atoms with Gasteiger partial charge in [-0.1, -0.05) is 34.1 Å². The van der Waals surface area contributed by atoms with Crippen LogP contribution >= 0.6 is 15.9 Å². The molecule has 150 valence electrons. The highest BCUT2D eigenvalue weighted by Crippen LogP contribution is 2.27. The van der Waals surface area contributed by atoms with Crippen molar-refractivity contribution in [2.75, 3.05) is 12.1 Å². The van der Waals surface area contributed by atoms with Gasteiger partial charge in [-0.15, -0.1) is 0 Å². The number of hydrogen-bond donors (Lipinski definition) is 1. The van der Waals surface area contributed by atoms with E-state index in [4.69, 9.17) is 4.42 Å². The van der Waals surface area contributed by atoms with Crippen LogP contribution in [0.1, 0.15) is 16.1 Å². The topological polar surface area (TPSA) is 88.9 Å². The molecule has 2 amide bonds. The number of nitrogens with one attached hydrogen (secondary N) is 1. The van der Waals surface area contributed by atoms with Gasteiger partial charge in [0.2, 0.25) is 0 Å². The molecular weight excluding hydrogens is 452 g/mol. The molecule has 1 saturated heterocycles. The number of rotatable bonds is 4. The van der Waals surface area contributed by atoms with E-state index in [1.54, 1.807) is 54.6 Å². The lowest BCUT2D eigenvalue weighted by Gasteiger charge is -2.14. The smallest absolute Gasteiger partial charge is 0.337 e. The summed E-state index contributed by atoms with van der Waals surface area (Å²) in [5.41, 5.74) is 4.22. The number of halogens is 1. The standard InChI is InChI=1S/C22H15BrN2O5/c1-29-22(28)14-7-5-13(6-8-14)19-10-9-17(30-19)12-18-20(26)24-25(21(18)27)16-4-2-3-15(23)11-16/h2-12H,1H3,(H,24,26). The van der Waals surface area contributed by atoms with Crippen LogP contribution in [0.4, 0.5) is 5.69 Å². The zero-order valence-electron chi connectivity index (χ0n) is 15.7. The summed E-state index contributed by atoms with van der Waals surface area (Å²) in [6.45, 7) is 0. The summed E-state index contributed by atoms with van der Waals surface area (Å²) in [5, 5.41) is 1.19. The molecule has 0 saturated carbocycles. The molecule has 8 heteroatoms. The molecule has 4 rings (SSSR count). The Morgan fingerprint density at radius 2 is 1.87 bits per heavy atom. The van der Waals surface area contributed by atoms with Crippen molar-refractivity contribution in [3.8, 4) is 11.3 Å². The molecule has 1 N–H and O–H groups in total. The number of carbonyl (C=O) groups is 3. The van der Waals surface area contributed by atoms with Crippen molar-refractivity contribution >= 4 is 45.5 Å². The first-order chi connectivity index (χ1) is 14.5. The molecule has 3 aromatic rings. The van der Waals surface area contributed by atoms with Crippen molar-refractivity contribution in [1.29, 1.82) is 0 Å². The number of hydrogen-bond acceptors (Lipinski definition) is 5. The number of ether oxygens (including phenoxy) is 1. The fraction of sp³-hybridized carbons (Fsp3) is 0.0455. The minimum absolute atomic E-state index is 0.0306. The van der Waals surface area contributed by atoms with Gasteiger partial charge in [-0.2, -0.15) is 0 Å². The van der Waals surface area contributed by atoms with E-state index in [-0.39, 0.29) is 5.57 Å². The molecule has 1 aliphatic heterocycles. The minimum Gasteiger partial charge on any atom is -0.465 e. The summed E-state index contributed by atoms with van der Waals surface area (Å²) in [4.78, 5) is 36.6. The van der Waals surface area contributed by atoms with Crippen LogP contribution < -0.4 is 10.4 Å². The van der Waals surface area contributed by atoms with Gasteiger partial charge in [0.15, 0.2) is 0 Å². The van der Waals surface area contributed by atoms with Gasteiger partial charge < -0.3 is 9.15 Å². The maximum Gasteiger partial charge on any atom is 0.337 e. The van der Waals surface area contributed by atoms with E-state index in [2.05, 4.69) is 26.1 Å². The Bertz CT molecular complexity index is 1180. The first kappa shape index (κ1) is 19.7. The third-order valence-electron chi connectivity index (χ3n) is 4.46. The first-order valence-electron chi connectivity index (χ1n) is 8.87. The second-order valence-corrected chi connectivity index (χ2v) is 7.31. The highest BCUT2D eigenvalue weighted by atomic mass is 79.9. The second-order valence-electron chi connectivity index (χ2n) is 6.39. The number of esters is 1. The van der Waals surface area contributed by atoms with E-state index in [1.165, 1.54) is 18.2 Å². The molecule has 1 aliphatic rings. The van der Waals surface area contributed by atoms with Crippen molar-refractivity contribution < 1.29 is 23.5 Å². The van der Waals surface area contributed by atoms with Crippen molar-refractivity contribution in [2.24, 2.45) is 0 Å². The molecule has 7 nitrogen and oxygen atoms in total. The van der Waals surface area contributed by atoms with E-state index < -0.39 is 17.8 Å². The summed E-state index contributed by atoms with van der Waals surface area (Å²) in [6, 6.07) is 17.1. The molecule has 1 aromatic heterocycles. The normalized spacial score (nSPS) is 14.9. The van der Waals surface area contributed by atoms with E-state index in [9.17, 15) is 14.4 Å². The van der Waals surface area contributed by atoms with Crippen LogP contribution in [0.3, 0.4) is 0 Å². The van der Waals surface area contributed by atoms with Crippen molar-refractivity contribution in [3.05, 3.63) is 82.0 Å². The lowest BCUT2D eigenvalue weighted by molar-refractivity contribution is -0.117. The van der Waals surface area contributed by atoms with E-state index >= 15 is 0 Å². The predicted octanol–water partition coefficient (Wildman–Crippen LogP) is 3.96. The Morgan fingerprint density at radius 3 is 2.57 bits per heavy atom. The van der Waals surface area contributed by atoms with Crippen LogP contribution in [0.5, 0.6) is 0 Å². The van der Waals surface area contributed by atoms with Gasteiger partial charge in [-0.3, -0.25) is 15.0 Å². The molecule has 1 fully saturated rings. The summed E-state index contributed by atoms with van der Waals surface area (Å²) in [7, 11) is 1.32. The van der Waals surface area contributed by atoms with Gasteiger partial charge >= 0.3 is 5.97 Å². The van der Waals surface area contributed by atoms with Crippen LogP contribution in [-0.4, -0.2) is 24.9 Å². The second kappa shape index (κ2) is 8.00. The molecule has 0 atom stereocenters. The maximum absolute atomic E-state index is 12.7. The minimum atomic E-state index is -0.514. The molecular formula is C22H15BrN2O5. The van der Waals surface area contributed by atoms with Crippen molar-refractivity contribution in [1.82, 2.24) is 5.43 Å². The van der Waals surface area contributed by atoms with Gasteiger partial charge in [-0.25, -0.2) is 9.80 Å². The number of benzene rings is 2. The van der Waals surface area contributed by atoms with E-state index in [0.717, 1.165) is 10.0 Å². The third kappa shape index (κ3) is 3.77. The molecule has 0 radical (unpaired) electrons. The molecule has 2 aromatic carbocycles. The SMILES string of the molecule is COC(=O)c1ccc(-c2ccc(C=C3C(=O)NN(c4cccc(Br)c4)C3=O)o2)cc1. The number of hydrazine groups is 1. The maximum atomic E-state index is 12.7. The number of nitrogens with zero attached hydrogens (tertiary/aromatic N) is 1. The van der Waals surface area contributed by atoms with Crippen molar-refractivity contribution in [3.63, 3.8) is 0 Å². The molecule has 0 spiro atoms. The summed E-state index contributed by atoms with van der Waals surface area (Å²) in [6.07, 6.45) is 1.40. The van der Waals surface area contributed by atoms with Gasteiger partial charge in [-0.05, 0) is 48.5 Å². The number of anilines is 1. The zero-order valence-corrected chi connectivity index (χ0v) is 17.3. The van der Waals surface area contributed by atoms with Crippen LogP contribution in [0, 0.1) is 0 Å². The lowest BCUT2D eigenvalue weighted by atomic mass is 10.1. The largest absolute Gasteiger partial charge is 0.465 e. The van der Waals surface area contributed by atoms with Gasteiger partial charge in [0.25, 0.3) is 11.8 Å². The summed E-state index contributed by atoms with van der Waals surface area (Å²) < 4.78 is 11.2. The number of carbonyl (C=O) groups excluding carboxylic acids is 3. The number of amides is 2.